The van der Waals surface area contributed by atoms with Crippen LogP contribution in [-0.2, 0) is 19.1 Å². The molecule has 0 aromatic heterocycles. The largest absolute Gasteiger partial charge is 0.440 e. The number of ketones is 2. The average Bonchev–Trinajstić information content (AvgIpc) is 2.41. The summed E-state index contributed by atoms with van der Waals surface area (Å²) in [5.41, 5.74) is -2.27. The van der Waals surface area contributed by atoms with E-state index in [2.05, 4.69) is 0 Å². The van der Waals surface area contributed by atoms with Gasteiger partial charge in [-0.3, -0.25) is 14.4 Å². The van der Waals surface area contributed by atoms with E-state index in [9.17, 15) is 19.5 Å². The third-order valence-corrected chi connectivity index (χ3v) is 2.68. The van der Waals surface area contributed by atoms with Crippen LogP contribution in [0.15, 0.2) is 0 Å². The molecule has 0 bridgehead atoms. The Morgan fingerprint density at radius 3 is 1.78 bits per heavy atom. The summed E-state index contributed by atoms with van der Waals surface area (Å²) in [6, 6.07) is 0. The third-order valence-electron chi connectivity index (χ3n) is 2.68. The maximum atomic E-state index is 11.9. The number of ether oxygens (including phenoxy) is 1. The van der Waals surface area contributed by atoms with E-state index in [-0.39, 0.29) is 19.3 Å². The molecule has 0 radical (unpaired) electrons. The van der Waals surface area contributed by atoms with Crippen molar-refractivity contribution in [2.45, 2.75) is 51.7 Å². The van der Waals surface area contributed by atoms with Crippen molar-refractivity contribution in [2.24, 2.45) is 0 Å². The second-order valence-electron chi connectivity index (χ2n) is 3.82. The molecule has 0 spiro atoms. The molecule has 0 fully saturated rings. The first-order valence-corrected chi connectivity index (χ1v) is 5.97. The van der Waals surface area contributed by atoms with Gasteiger partial charge in [-0.25, -0.2) is 0 Å². The van der Waals surface area contributed by atoms with Crippen molar-refractivity contribution in [3.8, 4) is 0 Å². The molecule has 0 aliphatic carbocycles. The van der Waals surface area contributed by atoms with E-state index >= 15 is 0 Å². The fourth-order valence-electron chi connectivity index (χ4n) is 1.61. The molecule has 1 atom stereocenters. The highest BCUT2D eigenvalue weighted by Gasteiger charge is 2.52. The average molecular weight is 260 g/mol. The van der Waals surface area contributed by atoms with E-state index in [1.54, 1.807) is 0 Å². The van der Waals surface area contributed by atoms with Gasteiger partial charge in [0.25, 0.3) is 5.60 Å². The van der Waals surface area contributed by atoms with Gasteiger partial charge in [-0.05, 0) is 0 Å². The number of hydrogen-bond acceptors (Lipinski definition) is 6. The second kappa shape index (κ2) is 7.23. The fraction of sp³-hybridized carbons (Fsp3) is 0.750. The Labute approximate surface area is 106 Å². The Balaban J connectivity index is 5.61. The first-order valence-electron chi connectivity index (χ1n) is 5.97. The van der Waals surface area contributed by atoms with Gasteiger partial charge in [-0.1, -0.05) is 20.8 Å². The summed E-state index contributed by atoms with van der Waals surface area (Å²) in [6.07, 6.45) is -1.94. The number of aliphatic hydroxyl groups excluding tert-OH is 2. The van der Waals surface area contributed by atoms with Gasteiger partial charge in [-0.2, -0.15) is 0 Å². The van der Waals surface area contributed by atoms with Gasteiger partial charge in [-0.15, -0.1) is 0 Å². The molecular formula is C12H20O6. The lowest BCUT2D eigenvalue weighted by molar-refractivity contribution is -0.187. The second-order valence-corrected chi connectivity index (χ2v) is 3.82. The highest BCUT2D eigenvalue weighted by molar-refractivity contribution is 6.12. The van der Waals surface area contributed by atoms with Crippen molar-refractivity contribution in [3.05, 3.63) is 0 Å². The first-order chi connectivity index (χ1) is 8.40. The molecule has 0 rings (SSSR count). The van der Waals surface area contributed by atoms with Gasteiger partial charge < -0.3 is 14.9 Å². The molecule has 6 nitrogen and oxygen atoms in total. The van der Waals surface area contributed by atoms with E-state index in [0.717, 1.165) is 0 Å². The molecule has 0 saturated heterocycles. The molecule has 1 unspecified atom stereocenters. The van der Waals surface area contributed by atoms with Gasteiger partial charge in [0.2, 0.25) is 0 Å². The van der Waals surface area contributed by atoms with Gasteiger partial charge in [0.15, 0.2) is 11.6 Å². The molecule has 104 valence electrons. The van der Waals surface area contributed by atoms with Crippen LogP contribution in [0.5, 0.6) is 0 Å². The van der Waals surface area contributed by atoms with Crippen molar-refractivity contribution >= 4 is 17.5 Å². The zero-order chi connectivity index (χ0) is 14.3. The topological polar surface area (TPSA) is 101 Å². The van der Waals surface area contributed by atoms with E-state index in [1.807, 2.05) is 0 Å². The zero-order valence-electron chi connectivity index (χ0n) is 10.9. The Hall–Kier alpha value is -1.27. The zero-order valence-corrected chi connectivity index (χ0v) is 10.9. The van der Waals surface area contributed by atoms with Crippen LogP contribution in [0.1, 0.15) is 40.0 Å². The lowest BCUT2D eigenvalue weighted by Gasteiger charge is -2.33. The maximum Gasteiger partial charge on any atom is 0.307 e. The van der Waals surface area contributed by atoms with Crippen LogP contribution in [0.3, 0.4) is 0 Å². The Morgan fingerprint density at radius 2 is 1.50 bits per heavy atom. The minimum absolute atomic E-state index is 0.0338. The van der Waals surface area contributed by atoms with Gasteiger partial charge in [0, 0.05) is 19.3 Å². The normalized spacial score (nSPS) is 12.9. The van der Waals surface area contributed by atoms with Crippen molar-refractivity contribution in [2.75, 3.05) is 6.61 Å². The molecule has 0 heterocycles. The summed E-state index contributed by atoms with van der Waals surface area (Å²) in [6.45, 7) is 3.65. The van der Waals surface area contributed by atoms with Crippen LogP contribution >= 0.6 is 0 Å². The molecule has 6 heteroatoms. The quantitative estimate of drug-likeness (QED) is 0.470. The molecule has 0 aliphatic rings. The number of carbonyl (C=O) groups is 3. The fourth-order valence-corrected chi connectivity index (χ4v) is 1.61. The highest BCUT2D eigenvalue weighted by Crippen LogP contribution is 2.24. The van der Waals surface area contributed by atoms with Crippen LogP contribution < -0.4 is 0 Å². The third kappa shape index (κ3) is 3.14. The Morgan fingerprint density at radius 1 is 1.06 bits per heavy atom. The van der Waals surface area contributed by atoms with Crippen molar-refractivity contribution < 1.29 is 29.3 Å². The number of carbonyl (C=O) groups excluding carboxylic acids is 3. The molecule has 0 aromatic rings. The van der Waals surface area contributed by atoms with Crippen LogP contribution in [0.2, 0.25) is 0 Å². The summed E-state index contributed by atoms with van der Waals surface area (Å²) in [4.78, 5) is 35.2. The number of hydrogen-bond donors (Lipinski definition) is 2. The molecule has 0 amide bonds. The predicted octanol–water partition coefficient (Wildman–Crippen LogP) is -0.0102. The van der Waals surface area contributed by atoms with Crippen LogP contribution in [0.4, 0.5) is 0 Å². The van der Waals surface area contributed by atoms with E-state index in [4.69, 9.17) is 9.84 Å². The summed E-state index contributed by atoms with van der Waals surface area (Å²) >= 11 is 0. The minimum atomic E-state index is -2.27. The standard InChI is InChI=1S/C12H20O6/c1-4-8(14)12(9(15)5-2,10(16)7-13)18-11(17)6-3/h10,13,16H,4-7H2,1-3H3. The van der Waals surface area contributed by atoms with Gasteiger partial charge in [0.05, 0.1) is 6.61 Å². The number of esters is 1. The monoisotopic (exact) mass is 260 g/mol. The maximum absolute atomic E-state index is 11.9. The highest BCUT2D eigenvalue weighted by atomic mass is 16.6. The molecule has 0 aromatic carbocycles. The van der Waals surface area contributed by atoms with Crippen LogP contribution in [-0.4, -0.2) is 46.1 Å². The summed E-state index contributed by atoms with van der Waals surface area (Å²) in [5, 5.41) is 18.7. The van der Waals surface area contributed by atoms with Crippen LogP contribution in [0, 0.1) is 0 Å². The molecule has 2 N–H and O–H groups in total. The predicted molar refractivity (Wildman–Crippen MR) is 62.8 cm³/mol. The number of Topliss-reactive ketones (excluding diaryl/α,β-unsaturated/α-hetero) is 2. The summed E-state index contributed by atoms with van der Waals surface area (Å²) in [5.74, 6) is -2.19. The van der Waals surface area contributed by atoms with Crippen molar-refractivity contribution in [1.29, 1.82) is 0 Å². The van der Waals surface area contributed by atoms with E-state index in [1.165, 1.54) is 20.8 Å². The summed E-state index contributed by atoms with van der Waals surface area (Å²) < 4.78 is 4.90. The van der Waals surface area contributed by atoms with E-state index in [0.29, 0.717) is 0 Å². The molecular weight excluding hydrogens is 240 g/mol. The molecule has 0 saturated carbocycles. The molecule has 18 heavy (non-hydrogen) atoms. The van der Waals surface area contributed by atoms with E-state index < -0.39 is 35.8 Å². The van der Waals surface area contributed by atoms with Crippen LogP contribution in [0.25, 0.3) is 0 Å². The summed E-state index contributed by atoms with van der Waals surface area (Å²) in [7, 11) is 0. The first kappa shape index (κ1) is 16.7. The molecule has 0 aliphatic heterocycles. The van der Waals surface area contributed by atoms with Crippen molar-refractivity contribution in [1.82, 2.24) is 0 Å². The SMILES string of the molecule is CCC(=O)OC(C(=O)CC)(C(=O)CC)C(O)CO. The lowest BCUT2D eigenvalue weighted by Crippen LogP contribution is -2.59. The lowest BCUT2D eigenvalue weighted by atomic mass is 9.84. The smallest absolute Gasteiger partial charge is 0.307 e. The Kier molecular flexibility index (Phi) is 6.72. The number of aliphatic hydroxyl groups is 2. The minimum Gasteiger partial charge on any atom is -0.440 e. The van der Waals surface area contributed by atoms with Gasteiger partial charge in [0.1, 0.15) is 6.10 Å². The van der Waals surface area contributed by atoms with Crippen molar-refractivity contribution in [3.63, 3.8) is 0 Å². The van der Waals surface area contributed by atoms with Gasteiger partial charge >= 0.3 is 5.97 Å². The number of rotatable bonds is 8. The Bertz CT molecular complexity index is 307.